The largest absolute Gasteiger partial charge is 0.497 e. The van der Waals surface area contributed by atoms with Crippen LogP contribution in [0.25, 0.3) is 11.4 Å². The zero-order valence-corrected chi connectivity index (χ0v) is 25.2. The highest BCUT2D eigenvalue weighted by Crippen LogP contribution is 2.31. The first-order valence-corrected chi connectivity index (χ1v) is 14.3. The molecule has 13 nitrogen and oxygen atoms in total. The molecule has 2 amide bonds. The monoisotopic (exact) mass is 604 g/mol. The van der Waals surface area contributed by atoms with Gasteiger partial charge in [0, 0.05) is 25.3 Å². The first-order chi connectivity index (χ1) is 21.4. The van der Waals surface area contributed by atoms with Gasteiger partial charge in [-0.25, -0.2) is 0 Å². The first kappa shape index (κ1) is 30.5. The molecule has 1 aliphatic heterocycles. The van der Waals surface area contributed by atoms with Crippen LogP contribution in [0, 0.1) is 6.92 Å². The molecule has 1 N–H and O–H groups in total. The van der Waals surface area contributed by atoms with Crippen LogP contribution in [0.5, 0.6) is 17.2 Å². The third-order valence-corrected chi connectivity index (χ3v) is 7.32. The van der Waals surface area contributed by atoms with Gasteiger partial charge in [0.05, 0.1) is 27.4 Å². The Morgan fingerprint density at radius 3 is 2.50 bits per heavy atom. The van der Waals surface area contributed by atoms with Gasteiger partial charge in [-0.15, -0.1) is 10.2 Å². The van der Waals surface area contributed by atoms with Crippen LogP contribution in [0.15, 0.2) is 59.0 Å². The van der Waals surface area contributed by atoms with Gasteiger partial charge in [0.1, 0.15) is 23.8 Å². The molecule has 4 aromatic rings. The quantitative estimate of drug-likeness (QED) is 0.241. The number of rotatable bonds is 13. The number of benzene rings is 2. The molecule has 2 aromatic heterocycles. The number of aromatic nitrogens is 4. The van der Waals surface area contributed by atoms with Gasteiger partial charge < -0.3 is 33.6 Å². The first-order valence-electron chi connectivity index (χ1n) is 14.3. The molecule has 0 saturated carbocycles. The second-order valence-corrected chi connectivity index (χ2v) is 10.3. The van der Waals surface area contributed by atoms with E-state index in [0.29, 0.717) is 53.3 Å². The van der Waals surface area contributed by atoms with E-state index in [0.717, 1.165) is 18.4 Å². The summed E-state index contributed by atoms with van der Waals surface area (Å²) in [6, 6.07) is 14.9. The molecular formula is C31H36N6O7. The standard InChI is InChI=1S/C31H36N6O7/c1-20-7-13-26(44-20)29(31(39)32-17-24-6-5-15-43-24)36(18-21-8-11-23(40-2)12-9-21)28(38)19-37-34-30(33-35-37)22-10-14-25(41-3)27(16-22)42-4/h7-14,16,24,29H,5-6,15,17-19H2,1-4H3,(H,32,39)/t24-,29-/m0/s1. The summed E-state index contributed by atoms with van der Waals surface area (Å²) in [5, 5.41) is 15.6. The summed E-state index contributed by atoms with van der Waals surface area (Å²) < 4.78 is 27.6. The average molecular weight is 605 g/mol. The molecule has 0 unspecified atom stereocenters. The van der Waals surface area contributed by atoms with Crippen molar-refractivity contribution in [2.45, 2.75) is 45.0 Å². The summed E-state index contributed by atoms with van der Waals surface area (Å²) in [5.41, 5.74) is 1.42. The number of ether oxygens (including phenoxy) is 4. The van der Waals surface area contributed by atoms with Crippen molar-refractivity contribution in [1.29, 1.82) is 0 Å². The molecule has 0 bridgehead atoms. The summed E-state index contributed by atoms with van der Waals surface area (Å²) >= 11 is 0. The Morgan fingerprint density at radius 2 is 1.84 bits per heavy atom. The summed E-state index contributed by atoms with van der Waals surface area (Å²) in [6.07, 6.45) is 1.73. The minimum atomic E-state index is -1.06. The number of tetrazole rings is 1. The van der Waals surface area contributed by atoms with Gasteiger partial charge >= 0.3 is 0 Å². The zero-order valence-electron chi connectivity index (χ0n) is 25.2. The van der Waals surface area contributed by atoms with Crippen molar-refractivity contribution >= 4 is 11.8 Å². The van der Waals surface area contributed by atoms with Crippen molar-refractivity contribution in [1.82, 2.24) is 30.4 Å². The highest BCUT2D eigenvalue weighted by molar-refractivity contribution is 5.88. The minimum absolute atomic E-state index is 0.0713. The number of nitrogens with one attached hydrogen (secondary N) is 1. The molecular weight excluding hydrogens is 568 g/mol. The highest BCUT2D eigenvalue weighted by Gasteiger charge is 2.35. The maximum atomic E-state index is 14.0. The van der Waals surface area contributed by atoms with Gasteiger partial charge in [-0.05, 0) is 73.0 Å². The molecule has 44 heavy (non-hydrogen) atoms. The molecule has 0 spiro atoms. The number of carbonyl (C=O) groups is 2. The number of amides is 2. The maximum absolute atomic E-state index is 14.0. The number of methoxy groups -OCH3 is 3. The van der Waals surface area contributed by atoms with Crippen LogP contribution in [-0.4, -0.2) is 77.5 Å². The van der Waals surface area contributed by atoms with Crippen LogP contribution in [0.1, 0.15) is 36.0 Å². The fraction of sp³-hybridized carbons (Fsp3) is 0.387. The molecule has 0 aliphatic carbocycles. The molecule has 3 heterocycles. The third kappa shape index (κ3) is 7.17. The third-order valence-electron chi connectivity index (χ3n) is 7.32. The second kappa shape index (κ2) is 14.0. The van der Waals surface area contributed by atoms with Crippen LogP contribution >= 0.6 is 0 Å². The molecule has 1 fully saturated rings. The smallest absolute Gasteiger partial charge is 0.250 e. The van der Waals surface area contributed by atoms with Crippen LogP contribution in [0.3, 0.4) is 0 Å². The Kier molecular flexibility index (Phi) is 9.75. The van der Waals surface area contributed by atoms with Crippen LogP contribution < -0.4 is 19.5 Å². The van der Waals surface area contributed by atoms with E-state index in [1.165, 1.54) is 16.8 Å². The summed E-state index contributed by atoms with van der Waals surface area (Å²) in [6.45, 7) is 2.62. The van der Waals surface area contributed by atoms with E-state index >= 15 is 0 Å². The lowest BCUT2D eigenvalue weighted by atomic mass is 10.1. The van der Waals surface area contributed by atoms with E-state index in [1.54, 1.807) is 63.6 Å². The zero-order chi connectivity index (χ0) is 31.1. The number of hydrogen-bond acceptors (Lipinski definition) is 10. The predicted octanol–water partition coefficient (Wildman–Crippen LogP) is 3.33. The molecule has 0 radical (unpaired) electrons. The Labute approximate surface area is 255 Å². The molecule has 1 aliphatic rings. The summed E-state index contributed by atoms with van der Waals surface area (Å²) in [5.74, 6) is 2.20. The van der Waals surface area contributed by atoms with E-state index in [2.05, 4.69) is 20.7 Å². The van der Waals surface area contributed by atoms with Crippen molar-refractivity contribution in [2.24, 2.45) is 0 Å². The van der Waals surface area contributed by atoms with Crippen LogP contribution in [-0.2, 0) is 27.4 Å². The number of nitrogens with zero attached hydrogens (tertiary/aromatic N) is 5. The fourth-order valence-electron chi connectivity index (χ4n) is 5.01. The molecule has 5 rings (SSSR count). The van der Waals surface area contributed by atoms with Gasteiger partial charge in [-0.1, -0.05) is 12.1 Å². The molecule has 13 heteroatoms. The number of aryl methyl sites for hydroxylation is 1. The Bertz CT molecular complexity index is 1560. The van der Waals surface area contributed by atoms with Gasteiger partial charge in [-0.3, -0.25) is 9.59 Å². The lowest BCUT2D eigenvalue weighted by Gasteiger charge is -2.30. The minimum Gasteiger partial charge on any atom is -0.497 e. The van der Waals surface area contributed by atoms with Crippen LogP contribution in [0.4, 0.5) is 0 Å². The van der Waals surface area contributed by atoms with E-state index < -0.39 is 11.9 Å². The Balaban J connectivity index is 1.43. The predicted molar refractivity (Wildman–Crippen MR) is 158 cm³/mol. The lowest BCUT2D eigenvalue weighted by molar-refractivity contribution is -0.143. The van der Waals surface area contributed by atoms with E-state index in [4.69, 9.17) is 23.4 Å². The van der Waals surface area contributed by atoms with Crippen molar-refractivity contribution < 1.29 is 33.0 Å². The van der Waals surface area contributed by atoms with Gasteiger partial charge in [0.2, 0.25) is 11.7 Å². The topological polar surface area (TPSA) is 143 Å². The van der Waals surface area contributed by atoms with Crippen molar-refractivity contribution in [3.8, 4) is 28.6 Å². The number of hydrogen-bond donors (Lipinski definition) is 1. The second-order valence-electron chi connectivity index (χ2n) is 10.3. The van der Waals surface area contributed by atoms with Crippen molar-refractivity contribution in [2.75, 3.05) is 34.5 Å². The highest BCUT2D eigenvalue weighted by atomic mass is 16.5. The summed E-state index contributed by atoms with van der Waals surface area (Å²) in [4.78, 5) is 30.5. The molecule has 2 atom stereocenters. The number of furan rings is 1. The number of carbonyl (C=O) groups excluding carboxylic acids is 2. The van der Waals surface area contributed by atoms with Crippen molar-refractivity contribution in [3.63, 3.8) is 0 Å². The maximum Gasteiger partial charge on any atom is 0.250 e. The lowest BCUT2D eigenvalue weighted by Crippen LogP contribution is -2.46. The normalized spacial score (nSPS) is 15.0. The average Bonchev–Trinajstić information content (AvgIpc) is 3.83. The summed E-state index contributed by atoms with van der Waals surface area (Å²) in [7, 11) is 4.67. The fourth-order valence-corrected chi connectivity index (χ4v) is 5.01. The molecule has 2 aromatic carbocycles. The van der Waals surface area contributed by atoms with Gasteiger partial charge in [0.15, 0.2) is 17.5 Å². The van der Waals surface area contributed by atoms with E-state index in [9.17, 15) is 9.59 Å². The van der Waals surface area contributed by atoms with Crippen molar-refractivity contribution in [3.05, 3.63) is 71.7 Å². The van der Waals surface area contributed by atoms with Gasteiger partial charge in [0.25, 0.3) is 5.91 Å². The Morgan fingerprint density at radius 1 is 1.05 bits per heavy atom. The Hall–Kier alpha value is -4.91. The molecule has 1 saturated heterocycles. The van der Waals surface area contributed by atoms with E-state index in [-0.39, 0.29) is 25.1 Å². The van der Waals surface area contributed by atoms with Gasteiger partial charge in [-0.2, -0.15) is 4.80 Å². The SMILES string of the molecule is COc1ccc(CN(C(=O)Cn2nnc(-c3ccc(OC)c(OC)c3)n2)[C@H](C(=O)NC[C@@H]2CCCO2)c2ccc(C)o2)cc1. The van der Waals surface area contributed by atoms with Crippen LogP contribution in [0.2, 0.25) is 0 Å². The molecule has 232 valence electrons. The van der Waals surface area contributed by atoms with E-state index in [1.807, 2.05) is 12.1 Å².